The first-order valence-corrected chi connectivity index (χ1v) is 5.04. The lowest BCUT2D eigenvalue weighted by Crippen LogP contribution is -2.42. The molecule has 0 aliphatic rings. The fourth-order valence-corrected chi connectivity index (χ4v) is 1.16. The molecule has 0 heterocycles. The van der Waals surface area contributed by atoms with Crippen LogP contribution in [0.3, 0.4) is 0 Å². The number of rotatable bonds is 4. The van der Waals surface area contributed by atoms with Gasteiger partial charge in [-0.05, 0) is 5.56 Å². The maximum atomic E-state index is 11.4. The summed E-state index contributed by atoms with van der Waals surface area (Å²) in [5, 5.41) is 0. The van der Waals surface area contributed by atoms with Gasteiger partial charge in [-0.1, -0.05) is 30.3 Å². The summed E-state index contributed by atoms with van der Waals surface area (Å²) < 4.78 is 0. The number of benzene rings is 1. The van der Waals surface area contributed by atoms with Gasteiger partial charge in [-0.25, -0.2) is 0 Å². The molecule has 0 saturated carbocycles. The number of hydrogen-bond donors (Lipinski definition) is 3. The van der Waals surface area contributed by atoms with Gasteiger partial charge in [0.1, 0.15) is 0 Å². The minimum atomic E-state index is -0.288. The molecule has 4 N–H and O–H groups in total. The molecule has 0 bridgehead atoms. The third kappa shape index (κ3) is 4.56. The van der Waals surface area contributed by atoms with Gasteiger partial charge in [-0.2, -0.15) is 0 Å². The number of hydrazine groups is 1. The second-order valence-corrected chi connectivity index (χ2v) is 3.30. The summed E-state index contributed by atoms with van der Waals surface area (Å²) in [6, 6.07) is 9.29. The van der Waals surface area contributed by atoms with Crippen molar-refractivity contribution >= 4 is 11.8 Å². The fourth-order valence-electron chi connectivity index (χ4n) is 1.16. The van der Waals surface area contributed by atoms with Crippen molar-refractivity contribution in [1.29, 1.82) is 0 Å². The van der Waals surface area contributed by atoms with Gasteiger partial charge in [-0.3, -0.25) is 20.4 Å². The predicted molar refractivity (Wildman–Crippen MR) is 60.1 cm³/mol. The smallest absolute Gasteiger partial charge is 0.242 e. The zero-order valence-corrected chi connectivity index (χ0v) is 8.90. The predicted octanol–water partition coefficient (Wildman–Crippen LogP) is -0.275. The zero-order valence-electron chi connectivity index (χ0n) is 8.90. The Morgan fingerprint density at radius 3 is 2.31 bits per heavy atom. The highest BCUT2D eigenvalue weighted by molar-refractivity contribution is 5.83. The molecule has 0 saturated heterocycles. The molecule has 0 atom stereocenters. The lowest BCUT2D eigenvalue weighted by Gasteiger charge is -2.06. The molecule has 86 valence electrons. The second kappa shape index (κ2) is 6.58. The monoisotopic (exact) mass is 221 g/mol. The number of nitrogens with one attached hydrogen (secondary N) is 2. The van der Waals surface area contributed by atoms with Crippen LogP contribution in [0.5, 0.6) is 0 Å². The molecule has 0 unspecified atom stereocenters. The summed E-state index contributed by atoms with van der Waals surface area (Å²) in [7, 11) is 0. The normalized spacial score (nSPS) is 9.56. The first kappa shape index (κ1) is 12.2. The molecule has 0 spiro atoms. The van der Waals surface area contributed by atoms with Crippen LogP contribution >= 0.6 is 0 Å². The summed E-state index contributed by atoms with van der Waals surface area (Å²) in [6.07, 6.45) is 0.440. The average Bonchev–Trinajstić information content (AvgIpc) is 2.28. The van der Waals surface area contributed by atoms with Crippen molar-refractivity contribution in [2.45, 2.75) is 12.8 Å². The van der Waals surface area contributed by atoms with E-state index < -0.39 is 0 Å². The van der Waals surface area contributed by atoms with E-state index in [-0.39, 0.29) is 31.2 Å². The fraction of sp³-hybridized carbons (Fsp3) is 0.273. The highest BCUT2D eigenvalue weighted by atomic mass is 16.2. The molecule has 0 aliphatic heterocycles. The third-order valence-corrected chi connectivity index (χ3v) is 1.92. The van der Waals surface area contributed by atoms with Crippen molar-refractivity contribution in [3.8, 4) is 0 Å². The van der Waals surface area contributed by atoms with Gasteiger partial charge in [0.15, 0.2) is 0 Å². The topological polar surface area (TPSA) is 84.2 Å². The molecule has 0 aromatic heterocycles. The molecule has 1 aromatic carbocycles. The van der Waals surface area contributed by atoms with Gasteiger partial charge >= 0.3 is 0 Å². The Hall–Kier alpha value is -1.88. The zero-order chi connectivity index (χ0) is 11.8. The molecule has 1 rings (SSSR count). The summed E-state index contributed by atoms with van der Waals surface area (Å²) in [4.78, 5) is 22.4. The Morgan fingerprint density at radius 2 is 1.69 bits per heavy atom. The minimum Gasteiger partial charge on any atom is -0.330 e. The summed E-state index contributed by atoms with van der Waals surface area (Å²) in [5.41, 5.74) is 10.7. The van der Waals surface area contributed by atoms with Crippen molar-refractivity contribution in [2.24, 2.45) is 5.73 Å². The van der Waals surface area contributed by atoms with Gasteiger partial charge < -0.3 is 5.73 Å². The standard InChI is InChI=1S/C11H15N3O2/c12-7-6-10(15)13-14-11(16)8-9-4-2-1-3-5-9/h1-5H,6-8,12H2,(H,13,15)(H,14,16). The summed E-state index contributed by atoms with van der Waals surface area (Å²) in [5.74, 6) is -0.541. The van der Waals surface area contributed by atoms with E-state index in [0.29, 0.717) is 0 Å². The van der Waals surface area contributed by atoms with Crippen molar-refractivity contribution in [1.82, 2.24) is 10.9 Å². The lowest BCUT2D eigenvalue weighted by atomic mass is 10.1. The Labute approximate surface area is 94.0 Å². The Morgan fingerprint density at radius 1 is 1.06 bits per heavy atom. The molecule has 2 amide bonds. The Bertz CT molecular complexity index is 352. The van der Waals surface area contributed by atoms with Crippen LogP contribution in [0, 0.1) is 0 Å². The van der Waals surface area contributed by atoms with Crippen LogP contribution < -0.4 is 16.6 Å². The molecule has 0 radical (unpaired) electrons. The number of hydrogen-bond acceptors (Lipinski definition) is 3. The Kier molecular flexibility index (Phi) is 5.01. The number of amides is 2. The van der Waals surface area contributed by atoms with E-state index in [1.807, 2.05) is 30.3 Å². The van der Waals surface area contributed by atoms with Crippen LogP contribution in [-0.4, -0.2) is 18.4 Å². The van der Waals surface area contributed by atoms with Gasteiger partial charge in [0.2, 0.25) is 11.8 Å². The highest BCUT2D eigenvalue weighted by Gasteiger charge is 2.04. The van der Waals surface area contributed by atoms with Crippen LogP contribution in [0.2, 0.25) is 0 Å². The van der Waals surface area contributed by atoms with Gasteiger partial charge in [0, 0.05) is 13.0 Å². The van der Waals surface area contributed by atoms with Crippen LogP contribution in [0.25, 0.3) is 0 Å². The van der Waals surface area contributed by atoms with E-state index >= 15 is 0 Å². The molecule has 16 heavy (non-hydrogen) atoms. The number of carbonyl (C=O) groups excluding carboxylic acids is 2. The van der Waals surface area contributed by atoms with E-state index in [2.05, 4.69) is 10.9 Å². The van der Waals surface area contributed by atoms with E-state index in [9.17, 15) is 9.59 Å². The molecule has 0 aliphatic carbocycles. The third-order valence-electron chi connectivity index (χ3n) is 1.92. The van der Waals surface area contributed by atoms with E-state index in [4.69, 9.17) is 5.73 Å². The summed E-state index contributed by atoms with van der Waals surface area (Å²) >= 11 is 0. The van der Waals surface area contributed by atoms with E-state index in [1.165, 1.54) is 0 Å². The summed E-state index contributed by atoms with van der Waals surface area (Å²) in [6.45, 7) is 0.264. The molecule has 5 heteroatoms. The SMILES string of the molecule is NCCC(=O)NNC(=O)Cc1ccccc1. The molecule has 5 nitrogen and oxygen atoms in total. The maximum Gasteiger partial charge on any atom is 0.242 e. The van der Waals surface area contributed by atoms with Crippen LogP contribution in [-0.2, 0) is 16.0 Å². The second-order valence-electron chi connectivity index (χ2n) is 3.30. The first-order chi connectivity index (χ1) is 7.72. The minimum absolute atomic E-state index is 0.200. The van der Waals surface area contributed by atoms with Crippen molar-refractivity contribution in [3.63, 3.8) is 0 Å². The number of nitrogens with two attached hydrogens (primary N) is 1. The quantitative estimate of drug-likeness (QED) is 0.612. The van der Waals surface area contributed by atoms with Gasteiger partial charge in [-0.15, -0.1) is 0 Å². The van der Waals surface area contributed by atoms with Crippen molar-refractivity contribution < 1.29 is 9.59 Å². The first-order valence-electron chi connectivity index (χ1n) is 5.04. The largest absolute Gasteiger partial charge is 0.330 e. The number of carbonyl (C=O) groups is 2. The molecule has 0 fully saturated rings. The van der Waals surface area contributed by atoms with Gasteiger partial charge in [0.05, 0.1) is 6.42 Å². The highest BCUT2D eigenvalue weighted by Crippen LogP contribution is 1.98. The maximum absolute atomic E-state index is 11.4. The Balaban J connectivity index is 2.29. The van der Waals surface area contributed by atoms with Gasteiger partial charge in [0.25, 0.3) is 0 Å². The molecule has 1 aromatic rings. The van der Waals surface area contributed by atoms with E-state index in [0.717, 1.165) is 5.56 Å². The van der Waals surface area contributed by atoms with E-state index in [1.54, 1.807) is 0 Å². The lowest BCUT2D eigenvalue weighted by molar-refractivity contribution is -0.128. The average molecular weight is 221 g/mol. The van der Waals surface area contributed by atoms with Crippen LogP contribution in [0.1, 0.15) is 12.0 Å². The van der Waals surface area contributed by atoms with Crippen LogP contribution in [0.4, 0.5) is 0 Å². The molecular weight excluding hydrogens is 206 g/mol. The van der Waals surface area contributed by atoms with Crippen molar-refractivity contribution in [3.05, 3.63) is 35.9 Å². The van der Waals surface area contributed by atoms with Crippen molar-refractivity contribution in [2.75, 3.05) is 6.54 Å². The molecular formula is C11H15N3O2. The van der Waals surface area contributed by atoms with Crippen LogP contribution in [0.15, 0.2) is 30.3 Å².